The topological polar surface area (TPSA) is 41.1 Å². The number of nitrogens with one attached hydrogen (secondary N) is 2. The molecule has 0 saturated carbocycles. The maximum Gasteiger partial charge on any atom is 0.255 e. The summed E-state index contributed by atoms with van der Waals surface area (Å²) in [5, 5.41) is 5.85. The Kier molecular flexibility index (Phi) is 4.25. The number of halogens is 2. The van der Waals surface area contributed by atoms with Gasteiger partial charge in [-0.1, -0.05) is 20.8 Å². The fourth-order valence-electron chi connectivity index (χ4n) is 2.14. The van der Waals surface area contributed by atoms with Gasteiger partial charge in [-0.15, -0.1) is 0 Å². The summed E-state index contributed by atoms with van der Waals surface area (Å²) in [5.41, 5.74) is -0.467. The van der Waals surface area contributed by atoms with Gasteiger partial charge in [-0.05, 0) is 13.8 Å². The van der Waals surface area contributed by atoms with Crippen molar-refractivity contribution in [2.45, 2.75) is 65.2 Å². The van der Waals surface area contributed by atoms with Crippen LogP contribution >= 0.6 is 0 Å². The Morgan fingerprint density at radius 2 is 1.65 bits per heavy atom. The van der Waals surface area contributed by atoms with Gasteiger partial charge in [0.05, 0.1) is 12.1 Å². The molecule has 3 nitrogen and oxygen atoms in total. The quantitative estimate of drug-likeness (QED) is 0.779. The largest absolute Gasteiger partial charge is 0.303 e. The van der Waals surface area contributed by atoms with E-state index in [0.717, 1.165) is 0 Å². The summed E-state index contributed by atoms with van der Waals surface area (Å²) in [6.07, 6.45) is -2.43. The highest BCUT2D eigenvalue weighted by molar-refractivity contribution is 5.89. The molecule has 5 heteroatoms. The van der Waals surface area contributed by atoms with E-state index in [2.05, 4.69) is 10.6 Å². The van der Waals surface area contributed by atoms with Crippen LogP contribution < -0.4 is 10.6 Å². The monoisotopic (exact) mass is 248 g/mol. The van der Waals surface area contributed by atoms with Crippen LogP contribution in [0.5, 0.6) is 0 Å². The Morgan fingerprint density at radius 1 is 1.12 bits per heavy atom. The molecule has 0 aromatic heterocycles. The van der Waals surface area contributed by atoms with Crippen LogP contribution in [0.4, 0.5) is 8.78 Å². The van der Waals surface area contributed by atoms with Gasteiger partial charge in [-0.3, -0.25) is 4.79 Å². The summed E-state index contributed by atoms with van der Waals surface area (Å²) in [5.74, 6) is 0.0528. The van der Waals surface area contributed by atoms with Crippen LogP contribution in [-0.2, 0) is 4.79 Å². The highest BCUT2D eigenvalue weighted by Crippen LogP contribution is 2.22. The zero-order chi connectivity index (χ0) is 13.4. The number of alkyl halides is 2. The summed E-state index contributed by atoms with van der Waals surface area (Å²) >= 11 is 0. The fourth-order valence-corrected chi connectivity index (χ4v) is 2.14. The Bertz CT molecular complexity index is 289. The van der Waals surface area contributed by atoms with E-state index in [1.807, 2.05) is 20.8 Å². The molecule has 17 heavy (non-hydrogen) atoms. The maximum atomic E-state index is 12.7. The molecule has 2 N–H and O–H groups in total. The van der Waals surface area contributed by atoms with Crippen LogP contribution in [-0.4, -0.2) is 36.4 Å². The van der Waals surface area contributed by atoms with Crippen molar-refractivity contribution in [1.29, 1.82) is 0 Å². The number of ketones is 1. The highest BCUT2D eigenvalue weighted by atomic mass is 19.3. The molecule has 0 spiro atoms. The second-order valence-corrected chi connectivity index (χ2v) is 5.86. The Morgan fingerprint density at radius 3 is 2.06 bits per heavy atom. The van der Waals surface area contributed by atoms with Gasteiger partial charge in [0.25, 0.3) is 6.43 Å². The first-order valence-electron chi connectivity index (χ1n) is 5.99. The van der Waals surface area contributed by atoms with Crippen LogP contribution in [0.2, 0.25) is 0 Å². The third-order valence-electron chi connectivity index (χ3n) is 3.23. The van der Waals surface area contributed by atoms with E-state index >= 15 is 0 Å². The number of rotatable bonds is 2. The lowest BCUT2D eigenvalue weighted by molar-refractivity contribution is -0.130. The van der Waals surface area contributed by atoms with Crippen LogP contribution in [0.15, 0.2) is 0 Å². The van der Waals surface area contributed by atoms with Crippen molar-refractivity contribution in [1.82, 2.24) is 10.6 Å². The first-order valence-corrected chi connectivity index (χ1v) is 5.99. The third kappa shape index (κ3) is 3.22. The van der Waals surface area contributed by atoms with Gasteiger partial charge < -0.3 is 10.6 Å². The van der Waals surface area contributed by atoms with Crippen molar-refractivity contribution < 1.29 is 13.6 Å². The van der Waals surface area contributed by atoms with Crippen LogP contribution in [0.3, 0.4) is 0 Å². The van der Waals surface area contributed by atoms with E-state index in [1.54, 1.807) is 13.8 Å². The predicted molar refractivity (Wildman–Crippen MR) is 63.2 cm³/mol. The highest BCUT2D eigenvalue weighted by Gasteiger charge is 2.41. The van der Waals surface area contributed by atoms with Crippen molar-refractivity contribution in [3.63, 3.8) is 0 Å². The second kappa shape index (κ2) is 4.98. The molecule has 0 aromatic carbocycles. The summed E-state index contributed by atoms with van der Waals surface area (Å²) in [4.78, 5) is 12.2. The van der Waals surface area contributed by atoms with E-state index in [0.29, 0.717) is 0 Å². The molecule has 0 aliphatic carbocycles. The second-order valence-electron chi connectivity index (χ2n) is 5.86. The molecule has 1 aliphatic rings. The first-order chi connectivity index (χ1) is 7.64. The van der Waals surface area contributed by atoms with E-state index in [4.69, 9.17) is 0 Å². The van der Waals surface area contributed by atoms with E-state index < -0.39 is 30.0 Å². The summed E-state index contributed by atoms with van der Waals surface area (Å²) < 4.78 is 25.4. The minimum Gasteiger partial charge on any atom is -0.303 e. The molecular formula is C12H22F2N2O. The van der Waals surface area contributed by atoms with Crippen LogP contribution in [0.25, 0.3) is 0 Å². The van der Waals surface area contributed by atoms with Gasteiger partial charge in [0.2, 0.25) is 0 Å². The molecule has 1 fully saturated rings. The number of hydrogen-bond acceptors (Lipinski definition) is 3. The van der Waals surface area contributed by atoms with Gasteiger partial charge in [0.15, 0.2) is 5.78 Å². The zero-order valence-corrected chi connectivity index (χ0v) is 11.1. The molecule has 1 rings (SSSR count). The van der Waals surface area contributed by atoms with Gasteiger partial charge in [0, 0.05) is 17.5 Å². The lowest BCUT2D eigenvalue weighted by Gasteiger charge is -2.41. The number of Topliss-reactive ketones (excluding diaryl/α,β-unsaturated/α-hetero) is 1. The molecular weight excluding hydrogens is 226 g/mol. The maximum absolute atomic E-state index is 12.7. The summed E-state index contributed by atoms with van der Waals surface area (Å²) in [6.45, 7) is 8.97. The van der Waals surface area contributed by atoms with E-state index in [1.165, 1.54) is 0 Å². The summed E-state index contributed by atoms with van der Waals surface area (Å²) in [6, 6.07) is -1.99. The molecule has 100 valence electrons. The van der Waals surface area contributed by atoms with Gasteiger partial charge in [0.1, 0.15) is 0 Å². The average Bonchev–Trinajstić information content (AvgIpc) is 2.18. The first kappa shape index (κ1) is 14.5. The van der Waals surface area contributed by atoms with Crippen LogP contribution in [0, 0.1) is 5.41 Å². The Balaban J connectivity index is 2.77. The number of carbonyl (C=O) groups is 1. The summed E-state index contributed by atoms with van der Waals surface area (Å²) in [7, 11) is 0. The van der Waals surface area contributed by atoms with Crippen molar-refractivity contribution in [3.05, 3.63) is 0 Å². The predicted octanol–water partition coefficient (Wildman–Crippen LogP) is 1.57. The molecule has 4 atom stereocenters. The molecule has 0 amide bonds. The average molecular weight is 248 g/mol. The van der Waals surface area contributed by atoms with E-state index in [9.17, 15) is 13.6 Å². The van der Waals surface area contributed by atoms with Gasteiger partial charge in [-0.2, -0.15) is 0 Å². The van der Waals surface area contributed by atoms with Crippen molar-refractivity contribution >= 4 is 5.78 Å². The third-order valence-corrected chi connectivity index (χ3v) is 3.23. The molecule has 0 radical (unpaired) electrons. The number of piperazine rings is 1. The number of carbonyl (C=O) groups excluding carboxylic acids is 1. The van der Waals surface area contributed by atoms with Crippen molar-refractivity contribution in [3.8, 4) is 0 Å². The molecule has 1 heterocycles. The molecule has 0 aromatic rings. The smallest absolute Gasteiger partial charge is 0.255 e. The van der Waals surface area contributed by atoms with Gasteiger partial charge >= 0.3 is 0 Å². The zero-order valence-electron chi connectivity index (χ0n) is 11.1. The lowest BCUT2D eigenvalue weighted by atomic mass is 9.82. The molecule has 1 aliphatic heterocycles. The SMILES string of the molecule is CC1NC(C(F)F)C(C)NC1C(=O)C(C)(C)C. The molecule has 0 bridgehead atoms. The molecule has 1 saturated heterocycles. The fraction of sp³-hybridized carbons (Fsp3) is 0.917. The standard InChI is InChI=1S/C12H22F2N2O/c1-6-8(10(17)12(3,4)5)15-7(2)9(16-6)11(13)14/h6-9,11,15-16H,1-5H3. The Hall–Kier alpha value is -0.550. The Labute approximate surface area is 101 Å². The van der Waals surface area contributed by atoms with Crippen molar-refractivity contribution in [2.24, 2.45) is 5.41 Å². The normalized spacial score (nSPS) is 35.1. The van der Waals surface area contributed by atoms with Gasteiger partial charge in [-0.25, -0.2) is 8.78 Å². The number of hydrogen-bond donors (Lipinski definition) is 2. The molecule has 4 unspecified atom stereocenters. The lowest BCUT2D eigenvalue weighted by Crippen LogP contribution is -2.69. The minimum atomic E-state index is -2.43. The van der Waals surface area contributed by atoms with Crippen molar-refractivity contribution in [2.75, 3.05) is 0 Å². The van der Waals surface area contributed by atoms with Crippen LogP contribution in [0.1, 0.15) is 34.6 Å². The van der Waals surface area contributed by atoms with E-state index in [-0.39, 0.29) is 11.8 Å². The minimum absolute atomic E-state index is 0.0528.